The molecule has 3 heterocycles. The molecule has 0 saturated heterocycles. The Bertz CT molecular complexity index is 3150. The van der Waals surface area contributed by atoms with Crippen molar-refractivity contribution in [2.45, 2.75) is 0 Å². The first-order valence-electron chi connectivity index (χ1n) is 18.6. The number of benzene rings is 8. The van der Waals surface area contributed by atoms with Gasteiger partial charge < -0.3 is 4.57 Å². The van der Waals surface area contributed by atoms with Gasteiger partial charge in [-0.3, -0.25) is 0 Å². The maximum Gasteiger partial charge on any atom is 0.164 e. The number of rotatable bonds is 6. The first kappa shape index (κ1) is 32.2. The highest BCUT2D eigenvalue weighted by atomic mass is 32.1. The number of aromatic nitrogens is 5. The van der Waals surface area contributed by atoms with Crippen LogP contribution in [0.3, 0.4) is 0 Å². The average Bonchev–Trinajstić information content (AvgIpc) is 3.86. The predicted octanol–water partition coefficient (Wildman–Crippen LogP) is 13.1. The van der Waals surface area contributed by atoms with Crippen molar-refractivity contribution in [3.8, 4) is 61.5 Å². The minimum absolute atomic E-state index is 0.646. The molecule has 56 heavy (non-hydrogen) atoms. The maximum atomic E-state index is 4.97. The van der Waals surface area contributed by atoms with E-state index in [0.29, 0.717) is 17.5 Å². The van der Waals surface area contributed by atoms with Gasteiger partial charge >= 0.3 is 0 Å². The minimum atomic E-state index is 0.646. The molecule has 0 radical (unpaired) electrons. The van der Waals surface area contributed by atoms with Gasteiger partial charge in [-0.25, -0.2) is 19.9 Å². The molecule has 8 aromatic carbocycles. The van der Waals surface area contributed by atoms with Gasteiger partial charge in [0.15, 0.2) is 17.5 Å². The van der Waals surface area contributed by atoms with Gasteiger partial charge in [-0.2, -0.15) is 0 Å². The van der Waals surface area contributed by atoms with Gasteiger partial charge in [-0.15, -0.1) is 11.3 Å². The highest BCUT2D eigenvalue weighted by molar-refractivity contribution is 7.21. The van der Waals surface area contributed by atoms with E-state index in [1.54, 1.807) is 11.3 Å². The smallest absolute Gasteiger partial charge is 0.164 e. The van der Waals surface area contributed by atoms with Crippen LogP contribution < -0.4 is 0 Å². The Hall–Kier alpha value is -7.28. The molecule has 0 amide bonds. The summed E-state index contributed by atoms with van der Waals surface area (Å²) in [6.07, 6.45) is 0. The molecule has 0 saturated carbocycles. The summed E-state index contributed by atoms with van der Waals surface area (Å²) in [5, 5.41) is 5.77. The van der Waals surface area contributed by atoms with Crippen LogP contribution in [0, 0.1) is 0 Å². The predicted molar refractivity (Wildman–Crippen MR) is 232 cm³/mol. The van der Waals surface area contributed by atoms with Gasteiger partial charge in [-0.1, -0.05) is 127 Å². The second-order valence-electron chi connectivity index (χ2n) is 13.9. The standard InChI is InChI=1S/C50H31N5S/c1-3-11-34(12-4-1)47-52-48(35-13-5-2-6-14-35)54-49(53-47)37-22-20-33-19-21-36(29-39(33)30-37)32-23-26-40(27-24-32)55-44-17-9-7-15-41(44)42-31-38(25-28-45(42)55)50-51-43-16-8-10-18-46(43)56-50/h1-31H. The van der Waals surface area contributed by atoms with E-state index >= 15 is 0 Å². The van der Waals surface area contributed by atoms with Crippen LogP contribution in [-0.4, -0.2) is 24.5 Å². The van der Waals surface area contributed by atoms with Crippen molar-refractivity contribution in [1.29, 1.82) is 0 Å². The molecule has 0 bridgehead atoms. The third kappa shape index (κ3) is 5.63. The number of fused-ring (bicyclic) bond motifs is 5. The van der Waals surface area contributed by atoms with E-state index in [1.807, 2.05) is 66.7 Å². The van der Waals surface area contributed by atoms with Gasteiger partial charge in [0, 0.05) is 38.7 Å². The fraction of sp³-hybridized carbons (Fsp3) is 0. The van der Waals surface area contributed by atoms with Crippen LogP contribution in [0.2, 0.25) is 0 Å². The monoisotopic (exact) mass is 733 g/mol. The van der Waals surface area contributed by atoms with Gasteiger partial charge in [0.1, 0.15) is 5.01 Å². The lowest BCUT2D eigenvalue weighted by Crippen LogP contribution is -2.00. The largest absolute Gasteiger partial charge is 0.309 e. The molecular formula is C50H31N5S. The topological polar surface area (TPSA) is 56.5 Å². The van der Waals surface area contributed by atoms with E-state index in [9.17, 15) is 0 Å². The maximum absolute atomic E-state index is 4.97. The third-order valence-electron chi connectivity index (χ3n) is 10.5. The minimum Gasteiger partial charge on any atom is -0.309 e. The highest BCUT2D eigenvalue weighted by Gasteiger charge is 2.16. The first-order chi connectivity index (χ1) is 27.7. The summed E-state index contributed by atoms with van der Waals surface area (Å²) in [6.45, 7) is 0. The van der Waals surface area contributed by atoms with E-state index in [-0.39, 0.29) is 0 Å². The van der Waals surface area contributed by atoms with Crippen LogP contribution in [0.15, 0.2) is 188 Å². The Kier molecular flexibility index (Phi) is 7.60. The molecule has 0 N–H and O–H groups in total. The summed E-state index contributed by atoms with van der Waals surface area (Å²) >= 11 is 1.74. The van der Waals surface area contributed by atoms with E-state index in [1.165, 1.54) is 26.5 Å². The van der Waals surface area contributed by atoms with Crippen molar-refractivity contribution >= 4 is 54.1 Å². The highest BCUT2D eigenvalue weighted by Crippen LogP contribution is 2.38. The molecule has 262 valence electrons. The lowest BCUT2D eigenvalue weighted by atomic mass is 9.99. The quantitative estimate of drug-likeness (QED) is 0.171. The Morgan fingerprint density at radius 3 is 1.66 bits per heavy atom. The van der Waals surface area contributed by atoms with Crippen LogP contribution in [0.25, 0.3) is 104 Å². The molecule has 0 aliphatic heterocycles. The normalized spacial score (nSPS) is 11.6. The van der Waals surface area contributed by atoms with Crippen LogP contribution in [0.4, 0.5) is 0 Å². The Balaban J connectivity index is 0.957. The van der Waals surface area contributed by atoms with Crippen molar-refractivity contribution in [1.82, 2.24) is 24.5 Å². The van der Waals surface area contributed by atoms with Crippen molar-refractivity contribution in [2.24, 2.45) is 0 Å². The van der Waals surface area contributed by atoms with Gasteiger partial charge in [-0.05, 0) is 82.6 Å². The van der Waals surface area contributed by atoms with E-state index in [2.05, 4.69) is 126 Å². The Morgan fingerprint density at radius 2 is 0.929 bits per heavy atom. The second-order valence-corrected chi connectivity index (χ2v) is 15.0. The van der Waals surface area contributed by atoms with E-state index in [4.69, 9.17) is 19.9 Å². The molecule has 11 rings (SSSR count). The molecular weight excluding hydrogens is 703 g/mol. The molecule has 11 aromatic rings. The summed E-state index contributed by atoms with van der Waals surface area (Å²) in [5.41, 5.74) is 10.8. The van der Waals surface area contributed by atoms with Crippen molar-refractivity contribution in [2.75, 3.05) is 0 Å². The summed E-state index contributed by atoms with van der Waals surface area (Å²) in [6, 6.07) is 65.9. The number of nitrogens with zero attached hydrogens (tertiary/aromatic N) is 5. The van der Waals surface area contributed by atoms with E-state index in [0.717, 1.165) is 60.4 Å². The summed E-state index contributed by atoms with van der Waals surface area (Å²) in [7, 11) is 0. The molecule has 0 unspecified atom stereocenters. The Labute approximate surface area is 326 Å². The summed E-state index contributed by atoms with van der Waals surface area (Å²) in [5.74, 6) is 1.95. The lowest BCUT2D eigenvalue weighted by molar-refractivity contribution is 1.07. The zero-order valence-electron chi connectivity index (χ0n) is 30.0. The number of thiazole rings is 1. The Morgan fingerprint density at radius 1 is 0.357 bits per heavy atom. The third-order valence-corrected chi connectivity index (χ3v) is 11.6. The molecule has 0 aliphatic carbocycles. The van der Waals surface area contributed by atoms with Crippen LogP contribution in [-0.2, 0) is 0 Å². The molecule has 0 fully saturated rings. The summed E-state index contributed by atoms with van der Waals surface area (Å²) < 4.78 is 3.57. The number of hydrogen-bond donors (Lipinski definition) is 0. The lowest BCUT2D eigenvalue weighted by Gasteiger charge is -2.11. The molecule has 5 nitrogen and oxygen atoms in total. The average molecular weight is 734 g/mol. The molecule has 6 heteroatoms. The van der Waals surface area contributed by atoms with E-state index < -0.39 is 0 Å². The SMILES string of the molecule is c1ccc(-c2nc(-c3ccccc3)nc(-c3ccc4ccc(-c5ccc(-n6c7ccccc7c7cc(-c8nc9ccccc9s8)ccc76)cc5)cc4c3)n2)cc1. The molecule has 0 atom stereocenters. The molecule has 0 aliphatic rings. The van der Waals surface area contributed by atoms with Crippen LogP contribution >= 0.6 is 11.3 Å². The van der Waals surface area contributed by atoms with Gasteiger partial charge in [0.2, 0.25) is 0 Å². The zero-order valence-corrected chi connectivity index (χ0v) is 30.9. The van der Waals surface area contributed by atoms with Gasteiger partial charge in [0.05, 0.1) is 21.3 Å². The molecule has 0 spiro atoms. The first-order valence-corrected chi connectivity index (χ1v) is 19.4. The van der Waals surface area contributed by atoms with Crippen LogP contribution in [0.5, 0.6) is 0 Å². The number of para-hydroxylation sites is 2. The van der Waals surface area contributed by atoms with Crippen molar-refractivity contribution in [3.05, 3.63) is 188 Å². The fourth-order valence-electron chi connectivity index (χ4n) is 7.69. The zero-order chi connectivity index (χ0) is 37.0. The summed E-state index contributed by atoms with van der Waals surface area (Å²) in [4.78, 5) is 19.7. The number of hydrogen-bond acceptors (Lipinski definition) is 5. The van der Waals surface area contributed by atoms with Crippen LogP contribution in [0.1, 0.15) is 0 Å². The van der Waals surface area contributed by atoms with Crippen molar-refractivity contribution < 1.29 is 0 Å². The van der Waals surface area contributed by atoms with Crippen molar-refractivity contribution in [3.63, 3.8) is 0 Å². The second kappa shape index (κ2) is 13.2. The molecule has 3 aromatic heterocycles. The van der Waals surface area contributed by atoms with Gasteiger partial charge in [0.25, 0.3) is 0 Å². The fourth-order valence-corrected chi connectivity index (χ4v) is 8.65.